The maximum Gasteiger partial charge on any atom is 0.336 e. The second-order valence-electron chi connectivity index (χ2n) is 9.52. The number of carboxylic acids is 1. The summed E-state index contributed by atoms with van der Waals surface area (Å²) in [5, 5.41) is 16.9. The van der Waals surface area contributed by atoms with E-state index in [9.17, 15) is 9.90 Å². The van der Waals surface area contributed by atoms with Crippen molar-refractivity contribution in [3.63, 3.8) is 0 Å². The third kappa shape index (κ3) is 6.90. The number of piperidine rings is 1. The van der Waals surface area contributed by atoms with Gasteiger partial charge in [0.05, 0.1) is 18.9 Å². The predicted molar refractivity (Wildman–Crippen MR) is 156 cm³/mol. The molecule has 1 aliphatic rings. The van der Waals surface area contributed by atoms with Gasteiger partial charge in [-0.3, -0.25) is 0 Å². The Morgan fingerprint density at radius 2 is 1.68 bits per heavy atom. The molecule has 10 heteroatoms. The van der Waals surface area contributed by atoms with Crippen molar-refractivity contribution in [2.45, 2.75) is 19.3 Å². The quantitative estimate of drug-likeness (QED) is 0.184. The van der Waals surface area contributed by atoms with Crippen LogP contribution in [0.25, 0.3) is 0 Å². The number of hydrazone groups is 1. The molecule has 3 N–H and O–H groups in total. The lowest BCUT2D eigenvalue weighted by atomic mass is 9.90. The first-order valence-electron chi connectivity index (χ1n) is 13.1. The Labute approximate surface area is 232 Å². The minimum Gasteiger partial charge on any atom is -0.497 e. The van der Waals surface area contributed by atoms with Gasteiger partial charge in [0.25, 0.3) is 0 Å². The van der Waals surface area contributed by atoms with Gasteiger partial charge in [0.2, 0.25) is 17.8 Å². The van der Waals surface area contributed by atoms with Crippen molar-refractivity contribution in [1.82, 2.24) is 15.0 Å². The van der Waals surface area contributed by atoms with Gasteiger partial charge in [-0.15, -0.1) is 0 Å². The molecule has 204 valence electrons. The number of carbonyl (C=O) groups is 1. The van der Waals surface area contributed by atoms with Crippen LogP contribution in [0.3, 0.4) is 0 Å². The highest BCUT2D eigenvalue weighted by Crippen LogP contribution is 2.26. The largest absolute Gasteiger partial charge is 0.497 e. The minimum absolute atomic E-state index is 0.157. The van der Waals surface area contributed by atoms with Crippen LogP contribution in [0.5, 0.6) is 5.75 Å². The average molecular weight is 538 g/mol. The zero-order valence-electron chi connectivity index (χ0n) is 22.2. The molecule has 0 spiro atoms. The number of rotatable bonds is 10. The Kier molecular flexibility index (Phi) is 8.45. The number of anilines is 4. The van der Waals surface area contributed by atoms with Crippen molar-refractivity contribution in [3.8, 4) is 5.75 Å². The fourth-order valence-electron chi connectivity index (χ4n) is 4.66. The molecular formula is C30H31N7O3. The summed E-state index contributed by atoms with van der Waals surface area (Å²) < 4.78 is 5.25. The van der Waals surface area contributed by atoms with E-state index in [0.717, 1.165) is 43.8 Å². The molecule has 40 heavy (non-hydrogen) atoms. The van der Waals surface area contributed by atoms with Crippen LogP contribution in [0, 0.1) is 5.92 Å². The van der Waals surface area contributed by atoms with E-state index in [4.69, 9.17) is 9.72 Å². The van der Waals surface area contributed by atoms with Gasteiger partial charge >= 0.3 is 5.97 Å². The van der Waals surface area contributed by atoms with E-state index in [1.165, 1.54) is 17.8 Å². The van der Waals surface area contributed by atoms with E-state index >= 15 is 0 Å². The molecule has 1 aromatic heterocycles. The van der Waals surface area contributed by atoms with Gasteiger partial charge in [-0.2, -0.15) is 20.1 Å². The lowest BCUT2D eigenvalue weighted by Gasteiger charge is -2.32. The molecule has 0 aliphatic carbocycles. The maximum absolute atomic E-state index is 11.5. The summed E-state index contributed by atoms with van der Waals surface area (Å²) in [5.41, 5.74) is 5.63. The van der Waals surface area contributed by atoms with Crippen LogP contribution in [0.15, 0.2) is 84.0 Å². The van der Waals surface area contributed by atoms with E-state index in [1.54, 1.807) is 25.3 Å². The van der Waals surface area contributed by atoms with Crippen molar-refractivity contribution in [3.05, 3.63) is 95.6 Å². The summed E-state index contributed by atoms with van der Waals surface area (Å²) in [7, 11) is 1.62. The van der Waals surface area contributed by atoms with Gasteiger partial charge in [-0.1, -0.05) is 48.5 Å². The number of aromatic carboxylic acids is 1. The SMILES string of the molecule is COc1ccc(Nc2nc(NN=Cc3ccccc3C(=O)O)nc(N3CCC(Cc4ccccc4)CC3)n2)cc1. The Bertz CT molecular complexity index is 1450. The molecule has 0 saturated carbocycles. The van der Waals surface area contributed by atoms with Gasteiger partial charge in [0.15, 0.2) is 0 Å². The molecule has 3 aromatic carbocycles. The summed E-state index contributed by atoms with van der Waals surface area (Å²) in [4.78, 5) is 27.5. The first kappa shape index (κ1) is 26.6. The number of ether oxygens (including phenoxy) is 1. The summed E-state index contributed by atoms with van der Waals surface area (Å²) >= 11 is 0. The first-order chi connectivity index (χ1) is 19.6. The van der Waals surface area contributed by atoms with Crippen LogP contribution in [-0.2, 0) is 6.42 Å². The number of nitrogens with one attached hydrogen (secondary N) is 2. The van der Waals surface area contributed by atoms with Gasteiger partial charge in [0.1, 0.15) is 5.75 Å². The van der Waals surface area contributed by atoms with E-state index in [1.807, 2.05) is 30.3 Å². The fraction of sp³-hybridized carbons (Fsp3) is 0.233. The monoisotopic (exact) mass is 537 g/mol. The summed E-state index contributed by atoms with van der Waals surface area (Å²) in [5.74, 6) is 1.49. The second kappa shape index (κ2) is 12.7. The third-order valence-corrected chi connectivity index (χ3v) is 6.79. The highest BCUT2D eigenvalue weighted by molar-refractivity contribution is 5.98. The Morgan fingerprint density at radius 3 is 2.40 bits per heavy atom. The molecule has 0 bridgehead atoms. The first-order valence-corrected chi connectivity index (χ1v) is 13.1. The number of aromatic nitrogens is 3. The standard InChI is InChI=1S/C30H31N7O3/c1-40-25-13-11-24(12-14-25)32-28-33-29(36-31-20-23-9-5-6-10-26(23)27(38)39)35-30(34-28)37-17-15-22(16-18-37)19-21-7-3-2-4-8-21/h2-14,20,22H,15-19H2,1H3,(H,38,39)(H2,32,33,34,35,36). The topological polar surface area (TPSA) is 125 Å². The van der Waals surface area contributed by atoms with E-state index < -0.39 is 5.97 Å². The lowest BCUT2D eigenvalue weighted by Crippen LogP contribution is -2.35. The number of benzene rings is 3. The number of methoxy groups -OCH3 is 1. The van der Waals surface area contributed by atoms with Crippen molar-refractivity contribution >= 4 is 35.7 Å². The zero-order valence-corrected chi connectivity index (χ0v) is 22.2. The molecule has 5 rings (SSSR count). The number of hydrogen-bond donors (Lipinski definition) is 3. The Balaban J connectivity index is 1.34. The highest BCUT2D eigenvalue weighted by atomic mass is 16.5. The van der Waals surface area contributed by atoms with E-state index in [0.29, 0.717) is 23.4 Å². The molecule has 0 radical (unpaired) electrons. The van der Waals surface area contributed by atoms with Gasteiger partial charge in [-0.05, 0) is 61.1 Å². The van der Waals surface area contributed by atoms with Crippen LogP contribution < -0.4 is 20.4 Å². The molecule has 0 unspecified atom stereocenters. The van der Waals surface area contributed by atoms with Crippen molar-refractivity contribution in [2.75, 3.05) is 35.8 Å². The molecule has 1 saturated heterocycles. The van der Waals surface area contributed by atoms with Crippen molar-refractivity contribution in [2.24, 2.45) is 11.0 Å². The fourth-order valence-corrected chi connectivity index (χ4v) is 4.66. The summed E-state index contributed by atoms with van der Waals surface area (Å²) in [6, 6.07) is 24.7. The summed E-state index contributed by atoms with van der Waals surface area (Å²) in [6.07, 6.45) is 4.58. The van der Waals surface area contributed by atoms with Crippen molar-refractivity contribution in [1.29, 1.82) is 0 Å². The van der Waals surface area contributed by atoms with Crippen LogP contribution >= 0.6 is 0 Å². The molecular weight excluding hydrogens is 506 g/mol. The lowest BCUT2D eigenvalue weighted by molar-refractivity contribution is 0.0696. The second-order valence-corrected chi connectivity index (χ2v) is 9.52. The maximum atomic E-state index is 11.5. The predicted octanol–water partition coefficient (Wildman–Crippen LogP) is 5.23. The van der Waals surface area contributed by atoms with Crippen LogP contribution in [-0.4, -0.2) is 52.4 Å². The zero-order chi connectivity index (χ0) is 27.7. The van der Waals surface area contributed by atoms with Gasteiger partial charge < -0.3 is 20.1 Å². The number of nitrogens with zero attached hydrogens (tertiary/aromatic N) is 5. The molecule has 1 aliphatic heterocycles. The highest BCUT2D eigenvalue weighted by Gasteiger charge is 2.22. The Morgan fingerprint density at radius 1 is 0.975 bits per heavy atom. The molecule has 0 atom stereocenters. The van der Waals surface area contributed by atoms with E-state index in [2.05, 4.69) is 55.0 Å². The van der Waals surface area contributed by atoms with Crippen LogP contribution in [0.4, 0.5) is 23.5 Å². The van der Waals surface area contributed by atoms with Gasteiger partial charge in [-0.25, -0.2) is 10.2 Å². The van der Waals surface area contributed by atoms with Crippen LogP contribution in [0.1, 0.15) is 34.3 Å². The van der Waals surface area contributed by atoms with Crippen molar-refractivity contribution < 1.29 is 14.6 Å². The normalized spacial score (nSPS) is 13.8. The minimum atomic E-state index is -1.02. The summed E-state index contributed by atoms with van der Waals surface area (Å²) in [6.45, 7) is 1.66. The molecule has 10 nitrogen and oxygen atoms in total. The van der Waals surface area contributed by atoms with E-state index in [-0.39, 0.29) is 11.5 Å². The molecule has 2 heterocycles. The van der Waals surface area contributed by atoms with Gasteiger partial charge in [0, 0.05) is 24.3 Å². The van der Waals surface area contributed by atoms with Crippen LogP contribution in [0.2, 0.25) is 0 Å². The molecule has 1 fully saturated rings. The molecule has 0 amide bonds. The number of hydrogen-bond acceptors (Lipinski definition) is 9. The molecule has 4 aromatic rings. The third-order valence-electron chi connectivity index (χ3n) is 6.79. The smallest absolute Gasteiger partial charge is 0.336 e. The number of carboxylic acid groups (broad SMARTS) is 1. The average Bonchev–Trinajstić information content (AvgIpc) is 2.98. The Hall–Kier alpha value is -4.99.